The maximum absolute atomic E-state index is 9.42. The number of nitriles is 1. The smallest absolute Gasteiger partial charge is 0.181 e. The molecule has 0 amide bonds. The largest absolute Gasteiger partial charge is 0.279 e. The Morgan fingerprint density at radius 2 is 1.93 bits per heavy atom. The van der Waals surface area contributed by atoms with Crippen molar-refractivity contribution in [3.8, 4) is 6.07 Å². The van der Waals surface area contributed by atoms with Gasteiger partial charge in [-0.25, -0.2) is 0 Å². The van der Waals surface area contributed by atoms with Crippen LogP contribution in [-0.4, -0.2) is 24.7 Å². The number of hydrogen-bond donors (Lipinski definition) is 0. The van der Waals surface area contributed by atoms with Crippen LogP contribution < -0.4 is 0 Å². The molecule has 2 nitrogen and oxygen atoms in total. The molecule has 0 aromatic heterocycles. The van der Waals surface area contributed by atoms with E-state index in [-0.39, 0.29) is 0 Å². The Hall–Kier alpha value is -0.980. The highest BCUT2D eigenvalue weighted by atomic mass is 32.2. The molecule has 0 N–H and O–H groups in total. The molecule has 15 heavy (non-hydrogen) atoms. The lowest BCUT2D eigenvalue weighted by molar-refractivity contribution is 0.322. The first-order valence-corrected chi connectivity index (χ1v) is 5.94. The van der Waals surface area contributed by atoms with Crippen LogP contribution in [0.2, 0.25) is 0 Å². The predicted octanol–water partition coefficient (Wildman–Crippen LogP) is 2.68. The Balaban J connectivity index is 3.17. The van der Waals surface area contributed by atoms with Gasteiger partial charge in [0.1, 0.15) is 6.07 Å². The molecule has 1 aromatic rings. The van der Waals surface area contributed by atoms with E-state index in [0.717, 1.165) is 11.3 Å². The fourth-order valence-corrected chi connectivity index (χ4v) is 2.58. The van der Waals surface area contributed by atoms with Crippen LogP contribution in [0.5, 0.6) is 0 Å². The van der Waals surface area contributed by atoms with Crippen molar-refractivity contribution in [1.82, 2.24) is 4.90 Å². The molecule has 1 rings (SSSR count). The summed E-state index contributed by atoms with van der Waals surface area (Å²) in [6, 6.07) is 12.3. The van der Waals surface area contributed by atoms with E-state index in [1.165, 1.54) is 0 Å². The van der Waals surface area contributed by atoms with Gasteiger partial charge in [-0.15, -0.1) is 11.8 Å². The molecule has 1 atom stereocenters. The maximum Gasteiger partial charge on any atom is 0.181 e. The highest BCUT2D eigenvalue weighted by molar-refractivity contribution is 8.00. The third-order valence-corrected chi connectivity index (χ3v) is 3.70. The summed E-state index contributed by atoms with van der Waals surface area (Å²) in [4.78, 5) is 1.41. The van der Waals surface area contributed by atoms with Crippen LogP contribution in [-0.2, 0) is 4.87 Å². The van der Waals surface area contributed by atoms with Gasteiger partial charge in [0.05, 0.1) is 0 Å². The monoisotopic (exact) mass is 220 g/mol. The lowest BCUT2D eigenvalue weighted by Gasteiger charge is -2.32. The Bertz CT molecular complexity index is 342. The first kappa shape index (κ1) is 12.1. The predicted molar refractivity (Wildman–Crippen MR) is 65.6 cm³/mol. The lowest BCUT2D eigenvalue weighted by atomic mass is 10.1. The van der Waals surface area contributed by atoms with Gasteiger partial charge in [-0.1, -0.05) is 37.3 Å². The summed E-state index contributed by atoms with van der Waals surface area (Å²) < 4.78 is 0. The van der Waals surface area contributed by atoms with Crippen LogP contribution in [0.25, 0.3) is 0 Å². The van der Waals surface area contributed by atoms with Crippen LogP contribution in [0.3, 0.4) is 0 Å². The van der Waals surface area contributed by atoms with Gasteiger partial charge in [0.15, 0.2) is 4.87 Å². The topological polar surface area (TPSA) is 27.0 Å². The van der Waals surface area contributed by atoms with Crippen LogP contribution in [0.15, 0.2) is 30.3 Å². The number of benzene rings is 1. The number of rotatable bonds is 4. The van der Waals surface area contributed by atoms with Crippen LogP contribution >= 0.6 is 11.8 Å². The molecule has 0 spiro atoms. The molecule has 0 aliphatic carbocycles. The first-order valence-electron chi connectivity index (χ1n) is 4.95. The zero-order valence-electron chi connectivity index (χ0n) is 9.40. The number of thioether (sulfide) groups is 1. The first-order chi connectivity index (χ1) is 7.17. The minimum atomic E-state index is -0.560. The van der Waals surface area contributed by atoms with Crippen molar-refractivity contribution in [3.63, 3.8) is 0 Å². The van der Waals surface area contributed by atoms with Gasteiger partial charge < -0.3 is 0 Å². The molecule has 0 heterocycles. The Kier molecular flexibility index (Phi) is 4.19. The zero-order chi connectivity index (χ0) is 11.3. The van der Waals surface area contributed by atoms with E-state index in [2.05, 4.69) is 13.0 Å². The van der Waals surface area contributed by atoms with Crippen LogP contribution in [0, 0.1) is 11.3 Å². The summed E-state index contributed by atoms with van der Waals surface area (Å²) in [5.41, 5.74) is 1.05. The Morgan fingerprint density at radius 1 is 1.33 bits per heavy atom. The standard InChI is InChI=1S/C12H16N2S/c1-4-15-12(10-13,14(2)3)11-8-6-5-7-9-11/h5-9H,4H2,1-3H3. The van der Waals surface area contributed by atoms with Gasteiger partial charge in [-0.3, -0.25) is 4.90 Å². The maximum atomic E-state index is 9.42. The molecule has 0 saturated carbocycles. The molecule has 0 aliphatic heterocycles. The summed E-state index contributed by atoms with van der Waals surface area (Å²) in [6.45, 7) is 2.07. The number of hydrogen-bond acceptors (Lipinski definition) is 3. The van der Waals surface area contributed by atoms with Crippen molar-refractivity contribution < 1.29 is 0 Å². The molecule has 1 aromatic carbocycles. The quantitative estimate of drug-likeness (QED) is 0.730. The molecule has 0 bridgehead atoms. The van der Waals surface area contributed by atoms with Gasteiger partial charge in [0.25, 0.3) is 0 Å². The molecule has 1 unspecified atom stereocenters. The third-order valence-electron chi connectivity index (χ3n) is 2.30. The molecular weight excluding hydrogens is 204 g/mol. The fraction of sp³-hybridized carbons (Fsp3) is 0.417. The van der Waals surface area contributed by atoms with Crippen LogP contribution in [0.4, 0.5) is 0 Å². The molecule has 0 radical (unpaired) electrons. The summed E-state index contributed by atoms with van der Waals surface area (Å²) >= 11 is 1.65. The molecule has 3 heteroatoms. The number of nitrogens with zero attached hydrogens (tertiary/aromatic N) is 2. The van der Waals surface area contributed by atoms with Crippen molar-refractivity contribution in [1.29, 1.82) is 5.26 Å². The normalized spacial score (nSPS) is 14.6. The zero-order valence-corrected chi connectivity index (χ0v) is 10.2. The van der Waals surface area contributed by atoms with Crippen molar-refractivity contribution in [2.45, 2.75) is 11.8 Å². The second-order valence-electron chi connectivity index (χ2n) is 3.45. The molecule has 0 aliphatic rings. The second kappa shape index (κ2) is 5.20. The van der Waals surface area contributed by atoms with Gasteiger partial charge in [-0.05, 0) is 25.4 Å². The van der Waals surface area contributed by atoms with Crippen molar-refractivity contribution >= 4 is 11.8 Å². The summed E-state index contributed by atoms with van der Waals surface area (Å²) in [6.07, 6.45) is 0. The van der Waals surface area contributed by atoms with E-state index in [4.69, 9.17) is 0 Å². The Labute approximate surface area is 95.9 Å². The minimum absolute atomic E-state index is 0.560. The van der Waals surface area contributed by atoms with Gasteiger partial charge in [-0.2, -0.15) is 5.26 Å². The second-order valence-corrected chi connectivity index (χ2v) is 4.91. The van der Waals surface area contributed by atoms with E-state index in [0.29, 0.717) is 0 Å². The third kappa shape index (κ3) is 2.34. The van der Waals surface area contributed by atoms with Crippen LogP contribution in [0.1, 0.15) is 12.5 Å². The lowest BCUT2D eigenvalue weighted by Crippen LogP contribution is -2.37. The van der Waals surface area contributed by atoms with E-state index in [1.807, 2.05) is 49.3 Å². The summed E-state index contributed by atoms with van der Waals surface area (Å²) in [5, 5.41) is 9.42. The average Bonchev–Trinajstić information content (AvgIpc) is 2.26. The van der Waals surface area contributed by atoms with E-state index >= 15 is 0 Å². The SMILES string of the molecule is CCSC(C#N)(c1ccccc1)N(C)C. The summed E-state index contributed by atoms with van der Waals surface area (Å²) in [7, 11) is 3.89. The van der Waals surface area contributed by atoms with E-state index < -0.39 is 4.87 Å². The molecule has 0 fully saturated rings. The van der Waals surface area contributed by atoms with E-state index in [1.54, 1.807) is 11.8 Å². The van der Waals surface area contributed by atoms with Gasteiger partial charge in [0, 0.05) is 0 Å². The van der Waals surface area contributed by atoms with Crippen molar-refractivity contribution in [2.75, 3.05) is 19.8 Å². The Morgan fingerprint density at radius 3 is 2.33 bits per heavy atom. The highest BCUT2D eigenvalue weighted by Crippen LogP contribution is 2.37. The molecule has 0 saturated heterocycles. The van der Waals surface area contributed by atoms with Gasteiger partial charge in [0.2, 0.25) is 0 Å². The molecule has 80 valence electrons. The van der Waals surface area contributed by atoms with E-state index in [9.17, 15) is 5.26 Å². The van der Waals surface area contributed by atoms with Crippen molar-refractivity contribution in [3.05, 3.63) is 35.9 Å². The summed E-state index contributed by atoms with van der Waals surface area (Å²) in [5.74, 6) is 0.917. The average molecular weight is 220 g/mol. The highest BCUT2D eigenvalue weighted by Gasteiger charge is 2.34. The molecular formula is C12H16N2S. The van der Waals surface area contributed by atoms with Gasteiger partial charge >= 0.3 is 0 Å². The van der Waals surface area contributed by atoms with Crippen molar-refractivity contribution in [2.24, 2.45) is 0 Å². The fourth-order valence-electron chi connectivity index (χ4n) is 1.54. The minimum Gasteiger partial charge on any atom is -0.279 e.